The molecular weight excluding hydrogens is 390 g/mol. The molecule has 1 N–H and O–H groups in total. The van der Waals surface area contributed by atoms with Crippen molar-refractivity contribution >= 4 is 5.91 Å². The minimum atomic E-state index is -0.836. The number of piperidine rings is 1. The highest BCUT2D eigenvalue weighted by molar-refractivity contribution is 5.91. The van der Waals surface area contributed by atoms with Crippen molar-refractivity contribution in [3.63, 3.8) is 0 Å². The lowest BCUT2D eigenvalue weighted by molar-refractivity contribution is -0.0383. The summed E-state index contributed by atoms with van der Waals surface area (Å²) >= 11 is 0. The van der Waals surface area contributed by atoms with Gasteiger partial charge in [0.15, 0.2) is 5.69 Å². The van der Waals surface area contributed by atoms with Gasteiger partial charge in [0.25, 0.3) is 5.91 Å². The molecule has 1 amide bonds. The van der Waals surface area contributed by atoms with E-state index in [2.05, 4.69) is 39.5 Å². The van der Waals surface area contributed by atoms with E-state index < -0.39 is 5.60 Å². The van der Waals surface area contributed by atoms with Gasteiger partial charge in [-0.2, -0.15) is 0 Å². The molecular formula is C24H29N5O2. The van der Waals surface area contributed by atoms with Crippen molar-refractivity contribution < 1.29 is 9.90 Å². The Hall–Kier alpha value is -3.03. The Morgan fingerprint density at radius 3 is 2.29 bits per heavy atom. The first-order valence-electron chi connectivity index (χ1n) is 10.7. The van der Waals surface area contributed by atoms with Gasteiger partial charge in [0, 0.05) is 33.2 Å². The summed E-state index contributed by atoms with van der Waals surface area (Å²) in [5, 5.41) is 19.2. The Labute approximate surface area is 182 Å². The van der Waals surface area contributed by atoms with Crippen molar-refractivity contribution in [2.75, 3.05) is 20.1 Å². The highest BCUT2D eigenvalue weighted by Crippen LogP contribution is 2.25. The van der Waals surface area contributed by atoms with Crippen LogP contribution >= 0.6 is 0 Å². The molecule has 2 heterocycles. The van der Waals surface area contributed by atoms with Gasteiger partial charge < -0.3 is 10.0 Å². The van der Waals surface area contributed by atoms with Crippen LogP contribution in [0.25, 0.3) is 0 Å². The van der Waals surface area contributed by atoms with E-state index >= 15 is 0 Å². The second kappa shape index (κ2) is 9.41. The molecule has 1 aromatic heterocycles. The predicted octanol–water partition coefficient (Wildman–Crippen LogP) is 2.58. The van der Waals surface area contributed by atoms with Gasteiger partial charge >= 0.3 is 0 Å². The fraction of sp³-hybridized carbons (Fsp3) is 0.375. The summed E-state index contributed by atoms with van der Waals surface area (Å²) in [6.45, 7) is 3.40. The molecule has 3 aromatic rings. The molecule has 1 aliphatic heterocycles. The van der Waals surface area contributed by atoms with Crippen LogP contribution in [0.4, 0.5) is 0 Å². The summed E-state index contributed by atoms with van der Waals surface area (Å²) in [5.41, 5.74) is 1.80. The molecule has 31 heavy (non-hydrogen) atoms. The Morgan fingerprint density at radius 1 is 1.03 bits per heavy atom. The summed E-state index contributed by atoms with van der Waals surface area (Å²) in [6, 6.07) is 20.2. The average molecular weight is 420 g/mol. The van der Waals surface area contributed by atoms with Crippen LogP contribution in [0.5, 0.6) is 0 Å². The number of rotatable bonds is 7. The zero-order valence-corrected chi connectivity index (χ0v) is 17.9. The zero-order chi connectivity index (χ0) is 21.7. The Balaban J connectivity index is 1.30. The van der Waals surface area contributed by atoms with Crippen molar-refractivity contribution in [2.45, 2.75) is 38.1 Å². The van der Waals surface area contributed by atoms with Crippen molar-refractivity contribution in [1.29, 1.82) is 0 Å². The first kappa shape index (κ1) is 21.2. The number of benzene rings is 2. The Bertz CT molecular complexity index is 981. The molecule has 0 bridgehead atoms. The summed E-state index contributed by atoms with van der Waals surface area (Å²) in [7, 11) is 1.75. The molecule has 162 valence electrons. The molecule has 1 aliphatic rings. The van der Waals surface area contributed by atoms with Gasteiger partial charge in [-0.25, -0.2) is 4.68 Å². The first-order chi connectivity index (χ1) is 15.0. The molecule has 0 saturated carbocycles. The molecule has 0 unspecified atom stereocenters. The van der Waals surface area contributed by atoms with E-state index in [0.717, 1.165) is 25.2 Å². The Kier molecular flexibility index (Phi) is 6.44. The van der Waals surface area contributed by atoms with E-state index in [1.165, 1.54) is 5.56 Å². The number of carbonyl (C=O) groups excluding carboxylic acids is 1. The van der Waals surface area contributed by atoms with E-state index in [9.17, 15) is 9.90 Å². The maximum Gasteiger partial charge on any atom is 0.276 e. The molecule has 7 nitrogen and oxygen atoms in total. The lowest BCUT2D eigenvalue weighted by Crippen LogP contribution is -2.46. The third-order valence-corrected chi connectivity index (χ3v) is 5.86. The van der Waals surface area contributed by atoms with Crippen LogP contribution in [0.1, 0.15) is 34.5 Å². The number of hydrogen-bond acceptors (Lipinski definition) is 5. The standard InChI is InChI=1S/C24H29N5O2/c1-27(16-20-8-4-2-5-9-20)23(30)22-18-29(26-25-22)19-24(31)12-14-28(15-13-24)17-21-10-6-3-7-11-21/h2-11,18,31H,12-17,19H2,1H3. The molecule has 0 spiro atoms. The lowest BCUT2D eigenvalue weighted by Gasteiger charge is -2.38. The van der Waals surface area contributed by atoms with Crippen LogP contribution in [0.2, 0.25) is 0 Å². The van der Waals surface area contributed by atoms with Crippen LogP contribution in [0.15, 0.2) is 66.9 Å². The summed E-state index contributed by atoms with van der Waals surface area (Å²) in [6.07, 6.45) is 2.96. The van der Waals surface area contributed by atoms with Crippen LogP contribution in [0.3, 0.4) is 0 Å². The number of nitrogens with zero attached hydrogens (tertiary/aromatic N) is 5. The van der Waals surface area contributed by atoms with Crippen molar-refractivity contribution in [3.8, 4) is 0 Å². The topological polar surface area (TPSA) is 74.5 Å². The largest absolute Gasteiger partial charge is 0.388 e. The summed E-state index contributed by atoms with van der Waals surface area (Å²) in [4.78, 5) is 16.7. The third-order valence-electron chi connectivity index (χ3n) is 5.86. The second-order valence-corrected chi connectivity index (χ2v) is 8.43. The maximum absolute atomic E-state index is 12.7. The van der Waals surface area contributed by atoms with E-state index in [4.69, 9.17) is 0 Å². The van der Waals surface area contributed by atoms with Crippen molar-refractivity contribution in [3.05, 3.63) is 83.7 Å². The zero-order valence-electron chi connectivity index (χ0n) is 17.9. The molecule has 0 atom stereocenters. The third kappa shape index (κ3) is 5.57. The predicted molar refractivity (Wildman–Crippen MR) is 118 cm³/mol. The molecule has 4 rings (SSSR count). The van der Waals surface area contributed by atoms with Gasteiger partial charge in [0.1, 0.15) is 0 Å². The number of carbonyl (C=O) groups is 1. The smallest absolute Gasteiger partial charge is 0.276 e. The van der Waals surface area contributed by atoms with Gasteiger partial charge in [-0.15, -0.1) is 5.10 Å². The molecule has 1 saturated heterocycles. The number of aromatic nitrogens is 3. The monoisotopic (exact) mass is 419 g/mol. The molecule has 1 fully saturated rings. The highest BCUT2D eigenvalue weighted by atomic mass is 16.3. The maximum atomic E-state index is 12.7. The number of likely N-dealkylation sites (tertiary alicyclic amines) is 1. The number of hydrogen-bond donors (Lipinski definition) is 1. The number of aliphatic hydroxyl groups is 1. The highest BCUT2D eigenvalue weighted by Gasteiger charge is 2.33. The average Bonchev–Trinajstić information content (AvgIpc) is 3.24. The minimum Gasteiger partial charge on any atom is -0.388 e. The SMILES string of the molecule is CN(Cc1ccccc1)C(=O)c1cn(CC2(O)CCN(Cc3ccccc3)CC2)nn1. The van der Waals surface area contributed by atoms with Gasteiger partial charge in [-0.3, -0.25) is 9.69 Å². The van der Waals surface area contributed by atoms with Crippen LogP contribution < -0.4 is 0 Å². The van der Waals surface area contributed by atoms with E-state index in [0.29, 0.717) is 31.6 Å². The summed E-state index contributed by atoms with van der Waals surface area (Å²) < 4.78 is 1.59. The molecule has 0 aliphatic carbocycles. The normalized spacial score (nSPS) is 16.2. The first-order valence-corrected chi connectivity index (χ1v) is 10.7. The van der Waals surface area contributed by atoms with E-state index in [1.54, 1.807) is 22.8 Å². The van der Waals surface area contributed by atoms with Crippen LogP contribution in [-0.4, -0.2) is 61.5 Å². The van der Waals surface area contributed by atoms with Crippen molar-refractivity contribution in [2.24, 2.45) is 0 Å². The van der Waals surface area contributed by atoms with Gasteiger partial charge in [-0.1, -0.05) is 65.9 Å². The quantitative estimate of drug-likeness (QED) is 0.637. The molecule has 0 radical (unpaired) electrons. The van der Waals surface area contributed by atoms with Gasteiger partial charge in [-0.05, 0) is 24.0 Å². The molecule has 7 heteroatoms. The fourth-order valence-electron chi connectivity index (χ4n) is 4.03. The Morgan fingerprint density at radius 2 is 1.65 bits per heavy atom. The van der Waals surface area contributed by atoms with Gasteiger partial charge in [0.05, 0.1) is 18.3 Å². The summed E-state index contributed by atoms with van der Waals surface area (Å²) in [5.74, 6) is -0.181. The molecule has 2 aromatic carbocycles. The minimum absolute atomic E-state index is 0.181. The van der Waals surface area contributed by atoms with Crippen molar-refractivity contribution in [1.82, 2.24) is 24.8 Å². The van der Waals surface area contributed by atoms with E-state index in [-0.39, 0.29) is 5.91 Å². The lowest BCUT2D eigenvalue weighted by atomic mass is 9.91. The number of amides is 1. The second-order valence-electron chi connectivity index (χ2n) is 8.43. The van der Waals surface area contributed by atoms with Crippen LogP contribution in [-0.2, 0) is 19.6 Å². The van der Waals surface area contributed by atoms with E-state index in [1.807, 2.05) is 36.4 Å². The van der Waals surface area contributed by atoms with Crippen LogP contribution in [0, 0.1) is 0 Å². The fourth-order valence-corrected chi connectivity index (χ4v) is 4.03. The van der Waals surface area contributed by atoms with Gasteiger partial charge in [0.2, 0.25) is 0 Å².